The lowest BCUT2D eigenvalue weighted by Gasteiger charge is -2.37. The summed E-state index contributed by atoms with van der Waals surface area (Å²) in [5.74, 6) is 1.20. The van der Waals surface area contributed by atoms with Crippen molar-refractivity contribution in [2.45, 2.75) is 43.6 Å². The number of hydrogen-bond donors (Lipinski definition) is 1. The molecule has 188 valence electrons. The molecule has 2 unspecified atom stereocenters. The smallest absolute Gasteiger partial charge is 0.416 e. The highest BCUT2D eigenvalue weighted by atomic mass is 19.4. The predicted octanol–water partition coefficient (Wildman–Crippen LogP) is 4.86. The summed E-state index contributed by atoms with van der Waals surface area (Å²) in [7, 11) is 1.75. The second kappa shape index (κ2) is 9.47. The molecule has 2 aromatic carbocycles. The number of ether oxygens (including phenoxy) is 2. The molecule has 5 rings (SSSR count). The largest absolute Gasteiger partial charge is 0.490 e. The normalized spacial score (nSPS) is 25.9. The second-order valence-electron chi connectivity index (χ2n) is 9.99. The summed E-state index contributed by atoms with van der Waals surface area (Å²) in [5, 5.41) is 3.36. The molecule has 3 fully saturated rings. The van der Waals surface area contributed by atoms with Crippen LogP contribution in [0.5, 0.6) is 5.75 Å². The molecule has 35 heavy (non-hydrogen) atoms. The Morgan fingerprint density at radius 2 is 1.57 bits per heavy atom. The van der Waals surface area contributed by atoms with E-state index < -0.39 is 11.7 Å². The molecule has 1 N–H and O–H groups in total. The number of hydrogen-bond acceptors (Lipinski definition) is 4. The molecule has 0 bridgehead atoms. The molecule has 0 spiro atoms. The van der Waals surface area contributed by atoms with Gasteiger partial charge in [0.05, 0.1) is 17.3 Å². The summed E-state index contributed by atoms with van der Waals surface area (Å²) in [6.07, 6.45) is -0.965. The van der Waals surface area contributed by atoms with Crippen LogP contribution in [-0.4, -0.2) is 50.2 Å². The van der Waals surface area contributed by atoms with Gasteiger partial charge in [-0.25, -0.2) is 0 Å². The van der Waals surface area contributed by atoms with Crippen molar-refractivity contribution in [1.82, 2.24) is 10.2 Å². The number of fused-ring (bicyclic) bond motifs is 1. The molecule has 5 nitrogen and oxygen atoms in total. The zero-order chi connectivity index (χ0) is 24.6. The van der Waals surface area contributed by atoms with Crippen molar-refractivity contribution in [3.05, 3.63) is 65.2 Å². The van der Waals surface area contributed by atoms with E-state index in [4.69, 9.17) is 9.47 Å². The van der Waals surface area contributed by atoms with Gasteiger partial charge in [0.1, 0.15) is 5.75 Å². The highest BCUT2D eigenvalue weighted by Gasteiger charge is 2.43. The number of likely N-dealkylation sites (tertiary alicyclic amines) is 1. The number of alkyl halides is 3. The van der Waals surface area contributed by atoms with E-state index >= 15 is 0 Å². The highest BCUT2D eigenvalue weighted by molar-refractivity contribution is 5.94. The third-order valence-corrected chi connectivity index (χ3v) is 7.94. The van der Waals surface area contributed by atoms with Crippen molar-refractivity contribution in [3.8, 4) is 5.75 Å². The number of piperidine rings is 1. The van der Waals surface area contributed by atoms with Crippen LogP contribution in [0.4, 0.5) is 13.2 Å². The quantitative estimate of drug-likeness (QED) is 0.653. The number of nitrogens with one attached hydrogen (secondary N) is 1. The van der Waals surface area contributed by atoms with E-state index in [1.54, 1.807) is 7.11 Å². The Balaban J connectivity index is 1.16. The molecule has 0 radical (unpaired) electrons. The van der Waals surface area contributed by atoms with Crippen molar-refractivity contribution >= 4 is 5.91 Å². The molecule has 2 heterocycles. The van der Waals surface area contributed by atoms with E-state index in [-0.39, 0.29) is 17.6 Å². The number of amides is 1. The molecule has 2 aliphatic heterocycles. The van der Waals surface area contributed by atoms with Gasteiger partial charge in [-0.1, -0.05) is 12.1 Å². The monoisotopic (exact) mass is 488 g/mol. The molecule has 3 aliphatic rings. The van der Waals surface area contributed by atoms with E-state index in [0.717, 1.165) is 56.5 Å². The first-order valence-electron chi connectivity index (χ1n) is 12.3. The Kier molecular flexibility index (Phi) is 6.53. The number of benzene rings is 2. The van der Waals surface area contributed by atoms with Crippen LogP contribution in [0.3, 0.4) is 0 Å². The van der Waals surface area contributed by atoms with Crippen LogP contribution < -0.4 is 10.1 Å². The van der Waals surface area contributed by atoms with Gasteiger partial charge < -0.3 is 19.7 Å². The first-order chi connectivity index (χ1) is 16.8. The average Bonchev–Trinajstić information content (AvgIpc) is 3.43. The first-order valence-corrected chi connectivity index (χ1v) is 12.3. The zero-order valence-corrected chi connectivity index (χ0v) is 19.8. The molecule has 0 aromatic heterocycles. The van der Waals surface area contributed by atoms with Crippen molar-refractivity contribution in [3.63, 3.8) is 0 Å². The number of carbonyl (C=O) groups excluding carboxylic acids is 1. The van der Waals surface area contributed by atoms with Crippen LogP contribution in [0.1, 0.15) is 47.2 Å². The Labute approximate surface area is 203 Å². The maximum atomic E-state index is 13.2. The summed E-state index contributed by atoms with van der Waals surface area (Å²) < 4.78 is 50.1. The standard InChI is InChI=1S/C27H31F3N2O3/c1-34-26(10-12-31-13-11-26)21-4-2-18(3-5-21)25(33)32-16-19-14-24(15-20(19)17-32)35-23-8-6-22(7-9-23)27(28,29)30/h2-9,19-20,24,31H,10-17H2,1H3. The predicted molar refractivity (Wildman–Crippen MR) is 125 cm³/mol. The minimum Gasteiger partial charge on any atom is -0.490 e. The Hall–Kier alpha value is -2.58. The molecule has 1 amide bonds. The topological polar surface area (TPSA) is 50.8 Å². The fourth-order valence-electron chi connectivity index (χ4n) is 5.96. The molecule has 1 aliphatic carbocycles. The number of methoxy groups -OCH3 is 1. The highest BCUT2D eigenvalue weighted by Crippen LogP contribution is 2.41. The Morgan fingerprint density at radius 3 is 2.11 bits per heavy atom. The molecule has 2 saturated heterocycles. The minimum atomic E-state index is -4.35. The van der Waals surface area contributed by atoms with E-state index in [1.807, 2.05) is 29.2 Å². The summed E-state index contributed by atoms with van der Waals surface area (Å²) in [4.78, 5) is 15.1. The average molecular weight is 489 g/mol. The van der Waals surface area contributed by atoms with Crippen LogP contribution in [0.15, 0.2) is 48.5 Å². The Morgan fingerprint density at radius 1 is 0.971 bits per heavy atom. The number of carbonyl (C=O) groups is 1. The molecular weight excluding hydrogens is 457 g/mol. The minimum absolute atomic E-state index is 0.0338. The van der Waals surface area contributed by atoms with Gasteiger partial charge in [-0.2, -0.15) is 13.2 Å². The van der Waals surface area contributed by atoms with Crippen LogP contribution >= 0.6 is 0 Å². The summed E-state index contributed by atoms with van der Waals surface area (Å²) in [6.45, 7) is 3.20. The molecule has 8 heteroatoms. The van der Waals surface area contributed by atoms with Crippen LogP contribution in [0.25, 0.3) is 0 Å². The maximum absolute atomic E-state index is 13.2. The van der Waals surface area contributed by atoms with Gasteiger partial charge in [-0.15, -0.1) is 0 Å². The van der Waals surface area contributed by atoms with E-state index in [1.165, 1.54) is 12.1 Å². The molecule has 1 saturated carbocycles. The third kappa shape index (κ3) is 4.91. The van der Waals surface area contributed by atoms with Gasteiger partial charge in [0.15, 0.2) is 0 Å². The van der Waals surface area contributed by atoms with Gasteiger partial charge in [-0.3, -0.25) is 4.79 Å². The van der Waals surface area contributed by atoms with E-state index in [9.17, 15) is 18.0 Å². The first kappa shape index (κ1) is 24.1. The van der Waals surface area contributed by atoms with Crippen LogP contribution in [-0.2, 0) is 16.5 Å². The fraction of sp³-hybridized carbons (Fsp3) is 0.519. The zero-order valence-electron chi connectivity index (χ0n) is 19.8. The van der Waals surface area contributed by atoms with Crippen molar-refractivity contribution in [2.75, 3.05) is 33.3 Å². The van der Waals surface area contributed by atoms with Crippen molar-refractivity contribution in [1.29, 1.82) is 0 Å². The van der Waals surface area contributed by atoms with Crippen molar-refractivity contribution in [2.24, 2.45) is 11.8 Å². The SMILES string of the molecule is COC1(c2ccc(C(=O)N3CC4CC(Oc5ccc(C(F)(F)F)cc5)CC4C3)cc2)CCNCC1. The lowest BCUT2D eigenvalue weighted by molar-refractivity contribution is -0.137. The van der Waals surface area contributed by atoms with Crippen molar-refractivity contribution < 1.29 is 27.4 Å². The van der Waals surface area contributed by atoms with E-state index in [0.29, 0.717) is 36.2 Å². The molecular formula is C27H31F3N2O3. The van der Waals surface area contributed by atoms with Crippen LogP contribution in [0, 0.1) is 11.8 Å². The second-order valence-corrected chi connectivity index (χ2v) is 9.99. The third-order valence-electron chi connectivity index (χ3n) is 7.94. The molecule has 2 atom stereocenters. The number of nitrogens with zero attached hydrogens (tertiary/aromatic N) is 1. The van der Waals surface area contributed by atoms with Gasteiger partial charge >= 0.3 is 6.18 Å². The fourth-order valence-corrected chi connectivity index (χ4v) is 5.96. The summed E-state index contributed by atoms with van der Waals surface area (Å²) in [5.41, 5.74) is 0.828. The summed E-state index contributed by atoms with van der Waals surface area (Å²) in [6, 6.07) is 12.7. The lowest BCUT2D eigenvalue weighted by atomic mass is 9.84. The lowest BCUT2D eigenvalue weighted by Crippen LogP contribution is -2.41. The number of rotatable bonds is 5. The Bertz CT molecular complexity index is 1020. The van der Waals surface area contributed by atoms with E-state index in [2.05, 4.69) is 5.32 Å². The maximum Gasteiger partial charge on any atom is 0.416 e. The van der Waals surface area contributed by atoms with Crippen LogP contribution in [0.2, 0.25) is 0 Å². The molecule has 2 aromatic rings. The van der Waals surface area contributed by atoms with Gasteiger partial charge in [0, 0.05) is 25.8 Å². The van der Waals surface area contributed by atoms with Gasteiger partial charge in [0.25, 0.3) is 5.91 Å². The summed E-state index contributed by atoms with van der Waals surface area (Å²) >= 11 is 0. The van der Waals surface area contributed by atoms with Gasteiger partial charge in [0.2, 0.25) is 0 Å². The number of halogens is 3. The van der Waals surface area contributed by atoms with Gasteiger partial charge in [-0.05, 0) is 92.6 Å².